The minimum atomic E-state index is -0.885. The maximum atomic E-state index is 11.0. The lowest BCUT2D eigenvalue weighted by molar-refractivity contribution is -0.138. The Morgan fingerprint density at radius 3 is 2.50 bits per heavy atom. The summed E-state index contributed by atoms with van der Waals surface area (Å²) in [6, 6.07) is 8.98. The summed E-state index contributed by atoms with van der Waals surface area (Å²) in [6.07, 6.45) is 0. The fourth-order valence-electron chi connectivity index (χ4n) is 1.22. The van der Waals surface area contributed by atoms with Crippen molar-refractivity contribution in [1.29, 1.82) is 0 Å². The van der Waals surface area contributed by atoms with Crippen molar-refractivity contribution in [3.63, 3.8) is 0 Å². The summed E-state index contributed by atoms with van der Waals surface area (Å²) in [5.74, 6) is -1.34. The number of carbonyl (C=O) groups excluding carboxylic acids is 1. The molecule has 1 unspecified atom stereocenters. The van der Waals surface area contributed by atoms with Gasteiger partial charge in [-0.3, -0.25) is 9.59 Å². The van der Waals surface area contributed by atoms with Crippen LogP contribution in [0, 0.1) is 0 Å². The quantitative estimate of drug-likeness (QED) is 0.767. The molecule has 1 amide bonds. The maximum absolute atomic E-state index is 11.0. The van der Waals surface area contributed by atoms with Gasteiger partial charge in [-0.05, 0) is 17.5 Å². The third kappa shape index (κ3) is 3.94. The molecule has 0 radical (unpaired) electrons. The van der Waals surface area contributed by atoms with Gasteiger partial charge in [-0.2, -0.15) is 0 Å². The van der Waals surface area contributed by atoms with Gasteiger partial charge in [0.2, 0.25) is 5.91 Å². The summed E-state index contributed by atoms with van der Waals surface area (Å²) in [6.45, 7) is 1.39. The number of carboxylic acid groups (broad SMARTS) is 1. The molecule has 0 aromatic heterocycles. The normalized spacial score (nSPS) is 11.8. The van der Waals surface area contributed by atoms with Crippen LogP contribution in [0.25, 0.3) is 0 Å². The smallest absolute Gasteiger partial charge is 0.311 e. The number of benzene rings is 1. The highest BCUT2D eigenvalue weighted by Gasteiger charge is 2.19. The van der Waals surface area contributed by atoms with E-state index in [1.54, 1.807) is 24.3 Å². The van der Waals surface area contributed by atoms with Crippen molar-refractivity contribution in [2.45, 2.75) is 12.8 Å². The summed E-state index contributed by atoms with van der Waals surface area (Å²) in [4.78, 5) is 21.7. The Labute approximate surface area is 98.2 Å². The molecule has 0 saturated carbocycles. The van der Waals surface area contributed by atoms with E-state index in [1.807, 2.05) is 6.07 Å². The van der Waals surface area contributed by atoms with Gasteiger partial charge in [0.05, 0.1) is 5.92 Å². The second-order valence-corrected chi connectivity index (χ2v) is 4.10. The fraction of sp³-hybridized carbons (Fsp3) is 0.273. The summed E-state index contributed by atoms with van der Waals surface area (Å²) in [7, 11) is 0. The van der Waals surface area contributed by atoms with Crippen LogP contribution in [0.15, 0.2) is 30.3 Å². The molecule has 0 bridgehead atoms. The van der Waals surface area contributed by atoms with Gasteiger partial charge in [0, 0.05) is 12.7 Å². The van der Waals surface area contributed by atoms with E-state index >= 15 is 0 Å². The Morgan fingerprint density at radius 1 is 1.38 bits per heavy atom. The number of aliphatic carboxylic acids is 1. The molecule has 0 fully saturated rings. The molecular weight excluding hydrogens is 226 g/mol. The topological polar surface area (TPSA) is 66.4 Å². The van der Waals surface area contributed by atoms with E-state index in [2.05, 4.69) is 4.72 Å². The second-order valence-electron chi connectivity index (χ2n) is 3.27. The third-order valence-corrected chi connectivity index (χ3v) is 2.90. The van der Waals surface area contributed by atoms with Crippen molar-refractivity contribution in [3.05, 3.63) is 35.9 Å². The zero-order valence-corrected chi connectivity index (χ0v) is 9.66. The lowest BCUT2D eigenvalue weighted by atomic mass is 10.0. The lowest BCUT2D eigenvalue weighted by Crippen LogP contribution is -2.18. The molecule has 86 valence electrons. The van der Waals surface area contributed by atoms with Gasteiger partial charge in [0.1, 0.15) is 0 Å². The summed E-state index contributed by atoms with van der Waals surface area (Å²) < 4.78 is 2.52. The average Bonchev–Trinajstić information content (AvgIpc) is 2.25. The minimum Gasteiger partial charge on any atom is -0.481 e. The average molecular weight is 239 g/mol. The highest BCUT2D eigenvalue weighted by molar-refractivity contribution is 7.97. The number of amides is 1. The Kier molecular flexibility index (Phi) is 4.85. The van der Waals surface area contributed by atoms with Crippen molar-refractivity contribution >= 4 is 23.8 Å². The van der Waals surface area contributed by atoms with Gasteiger partial charge >= 0.3 is 5.97 Å². The van der Waals surface area contributed by atoms with Crippen LogP contribution in [-0.2, 0) is 9.59 Å². The van der Waals surface area contributed by atoms with Gasteiger partial charge in [-0.25, -0.2) is 0 Å². The first-order chi connectivity index (χ1) is 7.61. The molecule has 0 aliphatic heterocycles. The Bertz CT molecular complexity index is 367. The first kappa shape index (κ1) is 12.6. The maximum Gasteiger partial charge on any atom is 0.311 e. The van der Waals surface area contributed by atoms with Gasteiger partial charge in [0.15, 0.2) is 0 Å². The van der Waals surface area contributed by atoms with E-state index in [0.717, 1.165) is 17.5 Å². The fourth-order valence-corrected chi connectivity index (χ4v) is 2.01. The third-order valence-electron chi connectivity index (χ3n) is 1.97. The predicted octanol–water partition coefficient (Wildman–Crippen LogP) is 1.64. The Morgan fingerprint density at radius 2 is 2.00 bits per heavy atom. The highest BCUT2D eigenvalue weighted by Crippen LogP contribution is 2.19. The summed E-state index contributed by atoms with van der Waals surface area (Å²) in [5.41, 5.74) is 0.743. The van der Waals surface area contributed by atoms with E-state index in [0.29, 0.717) is 5.75 Å². The van der Waals surface area contributed by atoms with Crippen LogP contribution in [-0.4, -0.2) is 22.7 Å². The predicted molar refractivity (Wildman–Crippen MR) is 63.1 cm³/mol. The Hall–Kier alpha value is -1.49. The van der Waals surface area contributed by atoms with E-state index in [1.165, 1.54) is 6.92 Å². The first-order valence-electron chi connectivity index (χ1n) is 4.77. The molecule has 1 aromatic rings. The zero-order chi connectivity index (χ0) is 12.0. The number of carboxylic acids is 1. The molecule has 5 heteroatoms. The number of carbonyl (C=O) groups is 2. The monoisotopic (exact) mass is 239 g/mol. The molecule has 0 aliphatic carbocycles. The van der Waals surface area contributed by atoms with Crippen LogP contribution >= 0.6 is 11.9 Å². The molecule has 0 saturated heterocycles. The van der Waals surface area contributed by atoms with E-state index in [9.17, 15) is 9.59 Å². The summed E-state index contributed by atoms with van der Waals surface area (Å²) in [5, 5.41) is 9.07. The second kappa shape index (κ2) is 6.17. The van der Waals surface area contributed by atoms with E-state index in [-0.39, 0.29) is 5.91 Å². The van der Waals surface area contributed by atoms with Gasteiger partial charge in [-0.1, -0.05) is 30.3 Å². The van der Waals surface area contributed by atoms with Crippen molar-refractivity contribution in [3.8, 4) is 0 Å². The Balaban J connectivity index is 2.62. The molecule has 0 spiro atoms. The molecule has 16 heavy (non-hydrogen) atoms. The van der Waals surface area contributed by atoms with Crippen LogP contribution in [0.5, 0.6) is 0 Å². The molecule has 1 rings (SSSR count). The molecule has 1 aromatic carbocycles. The molecule has 0 heterocycles. The van der Waals surface area contributed by atoms with Gasteiger partial charge in [0.25, 0.3) is 0 Å². The number of hydrogen-bond acceptors (Lipinski definition) is 3. The van der Waals surface area contributed by atoms with E-state index < -0.39 is 11.9 Å². The molecule has 2 N–H and O–H groups in total. The van der Waals surface area contributed by atoms with Crippen LogP contribution in [0.1, 0.15) is 18.4 Å². The largest absolute Gasteiger partial charge is 0.481 e. The molecule has 4 nitrogen and oxygen atoms in total. The van der Waals surface area contributed by atoms with Crippen LogP contribution < -0.4 is 4.72 Å². The lowest BCUT2D eigenvalue weighted by Gasteiger charge is -2.11. The minimum absolute atomic E-state index is 0.179. The van der Waals surface area contributed by atoms with E-state index in [4.69, 9.17) is 5.11 Å². The standard InChI is InChI=1S/C11H13NO3S/c1-8(13)12-16-7-10(11(14)15)9-5-3-2-4-6-9/h2-6,10H,7H2,1H3,(H,12,13)(H,14,15). The van der Waals surface area contributed by atoms with Crippen LogP contribution in [0.3, 0.4) is 0 Å². The summed E-state index contributed by atoms with van der Waals surface area (Å²) >= 11 is 1.11. The van der Waals surface area contributed by atoms with Crippen molar-refractivity contribution in [2.24, 2.45) is 0 Å². The van der Waals surface area contributed by atoms with Crippen molar-refractivity contribution < 1.29 is 14.7 Å². The van der Waals surface area contributed by atoms with Gasteiger partial charge in [-0.15, -0.1) is 0 Å². The SMILES string of the molecule is CC(=O)NSCC(C(=O)O)c1ccccc1. The van der Waals surface area contributed by atoms with Crippen molar-refractivity contribution in [2.75, 3.05) is 5.75 Å². The molecule has 0 aliphatic rings. The molecular formula is C11H13NO3S. The van der Waals surface area contributed by atoms with Crippen LogP contribution in [0.4, 0.5) is 0 Å². The van der Waals surface area contributed by atoms with Crippen LogP contribution in [0.2, 0.25) is 0 Å². The zero-order valence-electron chi connectivity index (χ0n) is 8.84. The highest BCUT2D eigenvalue weighted by atomic mass is 32.2. The number of hydrogen-bond donors (Lipinski definition) is 2. The first-order valence-corrected chi connectivity index (χ1v) is 5.76. The van der Waals surface area contributed by atoms with Gasteiger partial charge < -0.3 is 9.83 Å². The molecule has 1 atom stereocenters. The number of rotatable bonds is 5. The number of nitrogens with one attached hydrogen (secondary N) is 1. The van der Waals surface area contributed by atoms with Crippen molar-refractivity contribution in [1.82, 2.24) is 4.72 Å².